The number of nitrogens with one attached hydrogen (secondary N) is 3. The average molecular weight is 361 g/mol. The van der Waals surface area contributed by atoms with Crippen LogP contribution in [0.4, 0.5) is 23.1 Å². The number of benzene rings is 2. The average Bonchev–Trinajstić information content (AvgIpc) is 2.61. The number of rotatable bonds is 6. The summed E-state index contributed by atoms with van der Waals surface area (Å²) in [4.78, 5) is 20.5. The van der Waals surface area contributed by atoms with E-state index in [4.69, 9.17) is 0 Å². The summed E-state index contributed by atoms with van der Waals surface area (Å²) >= 11 is 0. The number of aromatic nitrogens is 2. The molecule has 0 unspecified atom stereocenters. The van der Waals surface area contributed by atoms with Gasteiger partial charge in [-0.05, 0) is 32.0 Å². The third-order valence-electron chi connectivity index (χ3n) is 3.67. The predicted octanol–water partition coefficient (Wildman–Crippen LogP) is 4.67. The van der Waals surface area contributed by atoms with Gasteiger partial charge in [0.1, 0.15) is 5.82 Å². The third kappa shape index (κ3) is 5.28. The highest BCUT2D eigenvalue weighted by atomic mass is 16.1. The molecule has 2 aromatic carbocycles. The molecule has 0 saturated carbocycles. The van der Waals surface area contributed by atoms with Gasteiger partial charge in [0, 0.05) is 36.0 Å². The number of anilines is 4. The van der Waals surface area contributed by atoms with Gasteiger partial charge in [0.15, 0.2) is 0 Å². The van der Waals surface area contributed by atoms with Gasteiger partial charge in [0.25, 0.3) is 0 Å². The minimum absolute atomic E-state index is 0.107. The Kier molecular flexibility index (Phi) is 5.66. The van der Waals surface area contributed by atoms with Crippen molar-refractivity contribution >= 4 is 29.0 Å². The maximum Gasteiger partial charge on any atom is 0.225 e. The van der Waals surface area contributed by atoms with Gasteiger partial charge in [-0.2, -0.15) is 4.98 Å². The van der Waals surface area contributed by atoms with Crippen LogP contribution < -0.4 is 16.0 Å². The lowest BCUT2D eigenvalue weighted by atomic mass is 10.1. The van der Waals surface area contributed by atoms with Crippen LogP contribution in [-0.2, 0) is 4.79 Å². The second-order valence-electron chi connectivity index (χ2n) is 6.51. The van der Waals surface area contributed by atoms with Crippen LogP contribution in [0.1, 0.15) is 20.8 Å². The molecule has 0 bridgehead atoms. The molecule has 0 aliphatic heterocycles. The zero-order valence-corrected chi connectivity index (χ0v) is 15.7. The van der Waals surface area contributed by atoms with Crippen LogP contribution in [0.3, 0.4) is 0 Å². The molecular formula is C21H23N5O. The third-order valence-corrected chi connectivity index (χ3v) is 3.67. The van der Waals surface area contributed by atoms with Gasteiger partial charge >= 0.3 is 0 Å². The normalized spacial score (nSPS) is 10.5. The summed E-state index contributed by atoms with van der Waals surface area (Å²) in [5.41, 5.74) is 3.40. The van der Waals surface area contributed by atoms with Gasteiger partial charge in [0.05, 0.1) is 5.69 Å². The van der Waals surface area contributed by atoms with Crippen molar-refractivity contribution in [1.29, 1.82) is 0 Å². The van der Waals surface area contributed by atoms with E-state index in [1.165, 1.54) is 6.92 Å². The van der Waals surface area contributed by atoms with Crippen LogP contribution in [0.25, 0.3) is 11.3 Å². The van der Waals surface area contributed by atoms with Crippen molar-refractivity contribution in [3.63, 3.8) is 0 Å². The number of carbonyl (C=O) groups excluding carboxylic acids is 1. The van der Waals surface area contributed by atoms with Crippen LogP contribution in [0.2, 0.25) is 0 Å². The smallest absolute Gasteiger partial charge is 0.225 e. The molecule has 138 valence electrons. The summed E-state index contributed by atoms with van der Waals surface area (Å²) in [6, 6.07) is 19.6. The van der Waals surface area contributed by atoms with Gasteiger partial charge in [-0.3, -0.25) is 4.79 Å². The summed E-state index contributed by atoms with van der Waals surface area (Å²) in [7, 11) is 0. The molecule has 0 aliphatic rings. The first-order valence-electron chi connectivity index (χ1n) is 8.85. The van der Waals surface area contributed by atoms with Gasteiger partial charge < -0.3 is 16.0 Å². The Hall–Kier alpha value is -3.41. The maximum atomic E-state index is 11.3. The Morgan fingerprint density at radius 2 is 1.67 bits per heavy atom. The molecule has 0 aliphatic carbocycles. The lowest BCUT2D eigenvalue weighted by Gasteiger charge is -2.13. The van der Waals surface area contributed by atoms with Crippen molar-refractivity contribution in [3.8, 4) is 11.3 Å². The molecule has 0 spiro atoms. The first-order valence-corrected chi connectivity index (χ1v) is 8.85. The molecule has 3 aromatic rings. The van der Waals surface area contributed by atoms with Crippen LogP contribution in [0.5, 0.6) is 0 Å². The molecule has 3 N–H and O–H groups in total. The largest absolute Gasteiger partial charge is 0.352 e. The molecule has 0 fully saturated rings. The minimum Gasteiger partial charge on any atom is -0.352 e. The summed E-state index contributed by atoms with van der Waals surface area (Å²) in [5, 5.41) is 9.34. The molecule has 0 atom stereocenters. The standard InChI is InChI=1S/C21H23N5O/c1-14(2)22-21-25-19(16-8-5-4-6-9-16)13-20(26-21)24-18-11-7-10-17(12-18)23-15(3)27/h4-14H,1-3H3,(H,23,27)(H2,22,24,25,26). The van der Waals surface area contributed by atoms with Gasteiger partial charge in [0.2, 0.25) is 11.9 Å². The Morgan fingerprint density at radius 3 is 2.37 bits per heavy atom. The fraction of sp³-hybridized carbons (Fsp3) is 0.190. The monoisotopic (exact) mass is 361 g/mol. The van der Waals surface area contributed by atoms with Gasteiger partial charge in [-0.15, -0.1) is 0 Å². The van der Waals surface area contributed by atoms with Crippen molar-refractivity contribution in [3.05, 3.63) is 60.7 Å². The van der Waals surface area contributed by atoms with Crippen molar-refractivity contribution < 1.29 is 4.79 Å². The highest BCUT2D eigenvalue weighted by Gasteiger charge is 2.08. The minimum atomic E-state index is -0.107. The highest BCUT2D eigenvalue weighted by Crippen LogP contribution is 2.25. The number of nitrogens with zero attached hydrogens (tertiary/aromatic N) is 2. The van der Waals surface area contributed by atoms with Crippen LogP contribution in [-0.4, -0.2) is 21.9 Å². The highest BCUT2D eigenvalue weighted by molar-refractivity contribution is 5.89. The molecule has 6 nitrogen and oxygen atoms in total. The van der Waals surface area contributed by atoms with Crippen LogP contribution in [0, 0.1) is 0 Å². The molecule has 0 saturated heterocycles. The maximum absolute atomic E-state index is 11.3. The van der Waals surface area contributed by atoms with E-state index >= 15 is 0 Å². The molecule has 1 amide bonds. The number of amides is 1. The van der Waals surface area contributed by atoms with E-state index in [9.17, 15) is 4.79 Å². The first-order chi connectivity index (χ1) is 13.0. The topological polar surface area (TPSA) is 78.9 Å². The van der Waals surface area contributed by atoms with E-state index in [1.54, 1.807) is 0 Å². The van der Waals surface area contributed by atoms with E-state index < -0.39 is 0 Å². The Balaban J connectivity index is 1.93. The van der Waals surface area contributed by atoms with E-state index in [2.05, 4.69) is 25.9 Å². The van der Waals surface area contributed by atoms with Crippen molar-refractivity contribution in [2.24, 2.45) is 0 Å². The predicted molar refractivity (Wildman–Crippen MR) is 110 cm³/mol. The molecular weight excluding hydrogens is 338 g/mol. The zero-order valence-electron chi connectivity index (χ0n) is 15.7. The Morgan fingerprint density at radius 1 is 0.926 bits per heavy atom. The van der Waals surface area contributed by atoms with Gasteiger partial charge in [-0.25, -0.2) is 4.98 Å². The number of carbonyl (C=O) groups is 1. The van der Waals surface area contributed by atoms with E-state index in [0.29, 0.717) is 11.8 Å². The molecule has 1 aromatic heterocycles. The van der Waals surface area contributed by atoms with Crippen LogP contribution in [0.15, 0.2) is 60.7 Å². The lowest BCUT2D eigenvalue weighted by Crippen LogP contribution is -2.13. The molecule has 6 heteroatoms. The summed E-state index contributed by atoms with van der Waals surface area (Å²) in [6.07, 6.45) is 0. The fourth-order valence-electron chi connectivity index (χ4n) is 2.62. The quantitative estimate of drug-likeness (QED) is 0.595. The Labute approximate surface area is 159 Å². The lowest BCUT2D eigenvalue weighted by molar-refractivity contribution is -0.114. The van der Waals surface area contributed by atoms with Crippen molar-refractivity contribution in [2.45, 2.75) is 26.8 Å². The zero-order chi connectivity index (χ0) is 19.2. The number of hydrogen-bond donors (Lipinski definition) is 3. The van der Waals surface area contributed by atoms with E-state index in [0.717, 1.165) is 22.6 Å². The van der Waals surface area contributed by atoms with Gasteiger partial charge in [-0.1, -0.05) is 36.4 Å². The first kappa shape index (κ1) is 18.4. The fourth-order valence-corrected chi connectivity index (χ4v) is 2.62. The number of hydrogen-bond acceptors (Lipinski definition) is 5. The Bertz CT molecular complexity index is 925. The van der Waals surface area contributed by atoms with Crippen molar-refractivity contribution in [1.82, 2.24) is 9.97 Å². The van der Waals surface area contributed by atoms with E-state index in [-0.39, 0.29) is 11.9 Å². The molecule has 0 radical (unpaired) electrons. The van der Waals surface area contributed by atoms with Crippen molar-refractivity contribution in [2.75, 3.05) is 16.0 Å². The molecule has 3 rings (SSSR count). The SMILES string of the molecule is CC(=O)Nc1cccc(Nc2cc(-c3ccccc3)nc(NC(C)C)n2)c1. The summed E-state index contributed by atoms with van der Waals surface area (Å²) in [6.45, 7) is 5.58. The second kappa shape index (κ2) is 8.31. The molecule has 1 heterocycles. The summed E-state index contributed by atoms with van der Waals surface area (Å²) < 4.78 is 0. The second-order valence-corrected chi connectivity index (χ2v) is 6.51. The van der Waals surface area contributed by atoms with Crippen LogP contribution >= 0.6 is 0 Å². The molecule has 27 heavy (non-hydrogen) atoms. The summed E-state index contributed by atoms with van der Waals surface area (Å²) in [5.74, 6) is 1.13. The van der Waals surface area contributed by atoms with E-state index in [1.807, 2.05) is 74.5 Å².